The maximum Gasteiger partial charge on any atom is 0.270 e. The van der Waals surface area contributed by atoms with Crippen molar-refractivity contribution in [3.8, 4) is 0 Å². The Morgan fingerprint density at radius 2 is 1.94 bits per heavy atom. The highest BCUT2D eigenvalue weighted by atomic mass is 32.2. The molecule has 1 amide bonds. The van der Waals surface area contributed by atoms with Gasteiger partial charge in [-0.15, -0.1) is 0 Å². The minimum absolute atomic E-state index is 0.00578. The second kappa shape index (κ2) is 8.21. The predicted molar refractivity (Wildman–Crippen MR) is 125 cm³/mol. The van der Waals surface area contributed by atoms with Crippen molar-refractivity contribution in [2.75, 3.05) is 18.4 Å². The van der Waals surface area contributed by atoms with Gasteiger partial charge in [-0.1, -0.05) is 11.3 Å². The van der Waals surface area contributed by atoms with E-state index in [1.54, 1.807) is 41.1 Å². The van der Waals surface area contributed by atoms with Gasteiger partial charge in [0.1, 0.15) is 6.54 Å². The number of hydrogen-bond acceptors (Lipinski definition) is 7. The van der Waals surface area contributed by atoms with E-state index < -0.39 is 14.9 Å². The maximum atomic E-state index is 12.8. The summed E-state index contributed by atoms with van der Waals surface area (Å²) in [7, 11) is -3.53. The van der Waals surface area contributed by atoms with Gasteiger partial charge in [-0.3, -0.25) is 14.9 Å². The lowest BCUT2D eigenvalue weighted by Gasteiger charge is -2.15. The maximum absolute atomic E-state index is 12.8. The van der Waals surface area contributed by atoms with Crippen molar-refractivity contribution in [2.24, 2.45) is 0 Å². The summed E-state index contributed by atoms with van der Waals surface area (Å²) < 4.78 is 29.5. The van der Waals surface area contributed by atoms with E-state index in [-0.39, 0.29) is 23.0 Å². The number of nitro benzene ring substituents is 1. The standard InChI is InChI=1S/C21H19N5O5S2/c27-20(13-24-10-7-14-11-15(26(28)29)3-6-18(14)24)23-21-22-17-5-4-16(12-19(17)32-21)33(30,31)25-8-1-2-9-25/h3-7,10-12H,1-2,8-9,13H2,(H,22,23,27). The van der Waals surface area contributed by atoms with Crippen molar-refractivity contribution in [1.29, 1.82) is 0 Å². The second-order valence-electron chi connectivity index (χ2n) is 7.75. The highest BCUT2D eigenvalue weighted by Gasteiger charge is 2.27. The minimum atomic E-state index is -3.53. The number of anilines is 1. The van der Waals surface area contributed by atoms with Crippen LogP contribution in [0.1, 0.15) is 12.8 Å². The predicted octanol–water partition coefficient (Wildman–Crippen LogP) is 3.58. The van der Waals surface area contributed by atoms with Crippen LogP contribution in [0.15, 0.2) is 53.6 Å². The van der Waals surface area contributed by atoms with Gasteiger partial charge in [-0.05, 0) is 43.2 Å². The number of carbonyl (C=O) groups excluding carboxylic acids is 1. The zero-order chi connectivity index (χ0) is 23.2. The number of sulfonamides is 1. The first-order chi connectivity index (χ1) is 15.8. The fraction of sp³-hybridized carbons (Fsp3) is 0.238. The molecule has 4 aromatic rings. The number of thiazole rings is 1. The number of hydrogen-bond donors (Lipinski definition) is 1. The van der Waals surface area contributed by atoms with E-state index in [9.17, 15) is 23.3 Å². The van der Waals surface area contributed by atoms with Gasteiger partial charge in [-0.25, -0.2) is 13.4 Å². The van der Waals surface area contributed by atoms with Crippen LogP contribution in [-0.4, -0.2) is 46.2 Å². The molecule has 0 radical (unpaired) electrons. The average Bonchev–Trinajstić information content (AvgIpc) is 3.52. The lowest BCUT2D eigenvalue weighted by Crippen LogP contribution is -2.27. The van der Waals surface area contributed by atoms with Crippen LogP contribution in [0.25, 0.3) is 21.1 Å². The molecular weight excluding hydrogens is 466 g/mol. The summed E-state index contributed by atoms with van der Waals surface area (Å²) in [4.78, 5) is 27.7. The Kier molecular flexibility index (Phi) is 5.35. The molecule has 0 saturated carbocycles. The Bertz CT molecular complexity index is 1500. The van der Waals surface area contributed by atoms with Crippen LogP contribution in [0.3, 0.4) is 0 Å². The molecule has 0 unspecified atom stereocenters. The molecule has 0 atom stereocenters. The number of nitrogens with one attached hydrogen (secondary N) is 1. The zero-order valence-corrected chi connectivity index (χ0v) is 18.9. The van der Waals surface area contributed by atoms with Gasteiger partial charge >= 0.3 is 0 Å². The summed E-state index contributed by atoms with van der Waals surface area (Å²) in [6.07, 6.45) is 3.43. The van der Waals surface area contributed by atoms with E-state index in [4.69, 9.17) is 0 Å². The molecule has 0 spiro atoms. The van der Waals surface area contributed by atoms with Gasteiger partial charge in [0.25, 0.3) is 5.69 Å². The van der Waals surface area contributed by atoms with Crippen molar-refractivity contribution >= 4 is 59.2 Å². The number of nitro groups is 1. The van der Waals surface area contributed by atoms with Crippen LogP contribution in [0.5, 0.6) is 0 Å². The SMILES string of the molecule is O=C(Cn1ccc2cc([N+](=O)[O-])ccc21)Nc1nc2ccc(S(=O)(=O)N3CCCC3)cc2s1. The normalized spacial score (nSPS) is 14.8. The highest BCUT2D eigenvalue weighted by molar-refractivity contribution is 7.89. The first-order valence-electron chi connectivity index (χ1n) is 10.3. The number of non-ortho nitro benzene ring substituents is 1. The molecule has 0 bridgehead atoms. The quantitative estimate of drug-likeness (QED) is 0.328. The molecule has 0 aliphatic carbocycles. The summed E-state index contributed by atoms with van der Waals surface area (Å²) in [6, 6.07) is 11.0. The summed E-state index contributed by atoms with van der Waals surface area (Å²) in [5, 5.41) is 14.7. The smallest absolute Gasteiger partial charge is 0.270 e. The van der Waals surface area contributed by atoms with E-state index in [1.807, 2.05) is 0 Å². The molecule has 33 heavy (non-hydrogen) atoms. The molecule has 170 valence electrons. The van der Waals surface area contributed by atoms with Gasteiger partial charge in [0.2, 0.25) is 15.9 Å². The van der Waals surface area contributed by atoms with Crippen molar-refractivity contribution < 1.29 is 18.1 Å². The summed E-state index contributed by atoms with van der Waals surface area (Å²) >= 11 is 1.21. The van der Waals surface area contributed by atoms with Gasteiger partial charge in [0, 0.05) is 42.3 Å². The molecule has 1 N–H and O–H groups in total. The van der Waals surface area contributed by atoms with Gasteiger partial charge in [-0.2, -0.15) is 4.31 Å². The zero-order valence-electron chi connectivity index (χ0n) is 17.3. The first-order valence-corrected chi connectivity index (χ1v) is 12.5. The van der Waals surface area contributed by atoms with Crippen LogP contribution >= 0.6 is 11.3 Å². The molecule has 1 saturated heterocycles. The molecule has 1 aliphatic heterocycles. The van der Waals surface area contributed by atoms with Crippen LogP contribution in [0, 0.1) is 10.1 Å². The third-order valence-corrected chi connectivity index (χ3v) is 8.42. The second-order valence-corrected chi connectivity index (χ2v) is 10.7. The largest absolute Gasteiger partial charge is 0.338 e. The number of amides is 1. The average molecular weight is 486 g/mol. The molecule has 3 heterocycles. The first kappa shape index (κ1) is 21.5. The van der Waals surface area contributed by atoms with Crippen LogP contribution < -0.4 is 5.32 Å². The molecular formula is C21H19N5O5S2. The number of rotatable bonds is 6. The van der Waals surface area contributed by atoms with E-state index in [0.717, 1.165) is 12.8 Å². The topological polar surface area (TPSA) is 127 Å². The van der Waals surface area contributed by atoms with Crippen molar-refractivity contribution in [3.63, 3.8) is 0 Å². The molecule has 2 aromatic heterocycles. The molecule has 12 heteroatoms. The molecule has 1 aliphatic rings. The van der Waals surface area contributed by atoms with E-state index in [2.05, 4.69) is 10.3 Å². The van der Waals surface area contributed by atoms with Crippen molar-refractivity contribution in [2.45, 2.75) is 24.3 Å². The summed E-state index contributed by atoms with van der Waals surface area (Å²) in [5.74, 6) is -0.310. The third kappa shape index (κ3) is 4.08. The van der Waals surface area contributed by atoms with E-state index >= 15 is 0 Å². The van der Waals surface area contributed by atoms with Crippen molar-refractivity contribution in [3.05, 3.63) is 58.8 Å². The minimum Gasteiger partial charge on any atom is -0.338 e. The van der Waals surface area contributed by atoms with Gasteiger partial charge in [0.15, 0.2) is 5.13 Å². The highest BCUT2D eigenvalue weighted by Crippen LogP contribution is 2.30. The Morgan fingerprint density at radius 1 is 1.15 bits per heavy atom. The Balaban J connectivity index is 1.33. The number of carbonyl (C=O) groups is 1. The summed E-state index contributed by atoms with van der Waals surface area (Å²) in [6.45, 7) is 1.07. The van der Waals surface area contributed by atoms with Crippen LogP contribution in [-0.2, 0) is 21.4 Å². The molecule has 2 aromatic carbocycles. The van der Waals surface area contributed by atoms with Gasteiger partial charge < -0.3 is 9.88 Å². The van der Waals surface area contributed by atoms with Crippen molar-refractivity contribution in [1.82, 2.24) is 13.9 Å². The number of nitrogens with zero attached hydrogens (tertiary/aromatic N) is 4. The molecule has 1 fully saturated rings. The van der Waals surface area contributed by atoms with E-state index in [1.165, 1.54) is 27.8 Å². The number of aromatic nitrogens is 2. The summed E-state index contributed by atoms with van der Waals surface area (Å²) in [5.41, 5.74) is 1.30. The van der Waals surface area contributed by atoms with Crippen LogP contribution in [0.2, 0.25) is 0 Å². The van der Waals surface area contributed by atoms with Crippen LogP contribution in [0.4, 0.5) is 10.8 Å². The monoisotopic (exact) mass is 485 g/mol. The van der Waals surface area contributed by atoms with Gasteiger partial charge in [0.05, 0.1) is 20.0 Å². The molecule has 10 nitrogen and oxygen atoms in total. The lowest BCUT2D eigenvalue weighted by atomic mass is 10.2. The number of fused-ring (bicyclic) bond motifs is 2. The lowest BCUT2D eigenvalue weighted by molar-refractivity contribution is -0.384. The Hall–Kier alpha value is -3.35. The fourth-order valence-corrected chi connectivity index (χ4v) is 6.49. The Morgan fingerprint density at radius 3 is 2.70 bits per heavy atom. The van der Waals surface area contributed by atoms with E-state index in [0.29, 0.717) is 39.3 Å². The molecule has 5 rings (SSSR count). The number of benzene rings is 2. The fourth-order valence-electron chi connectivity index (χ4n) is 3.95. The third-order valence-electron chi connectivity index (χ3n) is 5.59. The Labute approximate surface area is 192 Å².